The van der Waals surface area contributed by atoms with Gasteiger partial charge in [-0.15, -0.1) is 0 Å². The molecule has 3 heteroatoms. The van der Waals surface area contributed by atoms with E-state index in [9.17, 15) is 0 Å². The van der Waals surface area contributed by atoms with Crippen molar-refractivity contribution in [3.8, 4) is 0 Å². The first-order valence-corrected chi connectivity index (χ1v) is 5.35. The van der Waals surface area contributed by atoms with Crippen LogP contribution in [0.2, 0.25) is 0 Å². The summed E-state index contributed by atoms with van der Waals surface area (Å²) in [5.41, 5.74) is 0. The van der Waals surface area contributed by atoms with Crippen LogP contribution in [0.3, 0.4) is 0 Å². The Bertz CT molecular complexity index is 153. The smallest absolute Gasteiger partial charge is 0.0645 e. The van der Waals surface area contributed by atoms with Gasteiger partial charge in [0.25, 0.3) is 0 Å². The SMILES string of the molecule is CN(CCC1CCNC1)C1COC1. The summed E-state index contributed by atoms with van der Waals surface area (Å²) >= 11 is 0. The van der Waals surface area contributed by atoms with E-state index in [-0.39, 0.29) is 0 Å². The van der Waals surface area contributed by atoms with Gasteiger partial charge in [0, 0.05) is 0 Å². The van der Waals surface area contributed by atoms with Crippen molar-refractivity contribution in [2.75, 3.05) is 39.9 Å². The van der Waals surface area contributed by atoms with Crippen LogP contribution < -0.4 is 5.32 Å². The van der Waals surface area contributed by atoms with Crippen molar-refractivity contribution >= 4 is 0 Å². The van der Waals surface area contributed by atoms with Crippen LogP contribution in [0.4, 0.5) is 0 Å². The van der Waals surface area contributed by atoms with E-state index in [4.69, 9.17) is 4.74 Å². The van der Waals surface area contributed by atoms with Gasteiger partial charge in [0.05, 0.1) is 19.3 Å². The quantitative estimate of drug-likeness (QED) is 0.681. The molecule has 2 rings (SSSR count). The summed E-state index contributed by atoms with van der Waals surface area (Å²) in [6.45, 7) is 5.58. The van der Waals surface area contributed by atoms with E-state index in [0.717, 1.165) is 19.1 Å². The first-order valence-electron chi connectivity index (χ1n) is 5.35. The van der Waals surface area contributed by atoms with Gasteiger partial charge in [-0.1, -0.05) is 0 Å². The molecule has 0 aromatic rings. The molecule has 76 valence electrons. The largest absolute Gasteiger partial charge is 0.378 e. The molecule has 0 aliphatic carbocycles. The van der Waals surface area contributed by atoms with Crippen LogP contribution in [0.1, 0.15) is 12.8 Å². The zero-order valence-electron chi connectivity index (χ0n) is 8.46. The van der Waals surface area contributed by atoms with Crippen LogP contribution in [-0.2, 0) is 4.74 Å². The highest BCUT2D eigenvalue weighted by Gasteiger charge is 2.23. The van der Waals surface area contributed by atoms with Crippen LogP contribution in [0.25, 0.3) is 0 Å². The van der Waals surface area contributed by atoms with Gasteiger partial charge in [0.2, 0.25) is 0 Å². The predicted octanol–water partition coefficient (Wildman–Crippen LogP) is 0.317. The van der Waals surface area contributed by atoms with Crippen LogP contribution in [0.15, 0.2) is 0 Å². The molecule has 2 fully saturated rings. The van der Waals surface area contributed by atoms with Crippen LogP contribution >= 0.6 is 0 Å². The van der Waals surface area contributed by atoms with Gasteiger partial charge in [-0.05, 0) is 45.4 Å². The minimum atomic E-state index is 0.703. The average molecular weight is 184 g/mol. The Morgan fingerprint density at radius 1 is 1.46 bits per heavy atom. The van der Waals surface area contributed by atoms with Crippen molar-refractivity contribution in [1.82, 2.24) is 10.2 Å². The second kappa shape index (κ2) is 4.40. The fourth-order valence-corrected chi connectivity index (χ4v) is 2.01. The molecule has 0 radical (unpaired) electrons. The molecule has 0 amide bonds. The predicted molar refractivity (Wildman–Crippen MR) is 52.8 cm³/mol. The molecule has 1 unspecified atom stereocenters. The first kappa shape index (κ1) is 9.44. The summed E-state index contributed by atoms with van der Waals surface area (Å²) in [5, 5.41) is 3.41. The second-order valence-corrected chi connectivity index (χ2v) is 4.32. The minimum absolute atomic E-state index is 0.703. The number of rotatable bonds is 4. The molecule has 2 heterocycles. The number of hydrogen-bond acceptors (Lipinski definition) is 3. The maximum atomic E-state index is 5.17. The Hall–Kier alpha value is -0.120. The number of hydrogen-bond donors (Lipinski definition) is 1. The van der Waals surface area contributed by atoms with Crippen molar-refractivity contribution in [1.29, 1.82) is 0 Å². The lowest BCUT2D eigenvalue weighted by molar-refractivity contribution is -0.0569. The van der Waals surface area contributed by atoms with E-state index >= 15 is 0 Å². The van der Waals surface area contributed by atoms with E-state index in [1.807, 2.05) is 0 Å². The van der Waals surface area contributed by atoms with E-state index in [1.54, 1.807) is 0 Å². The summed E-state index contributed by atoms with van der Waals surface area (Å²) in [4.78, 5) is 2.45. The van der Waals surface area contributed by atoms with Crippen molar-refractivity contribution in [2.24, 2.45) is 5.92 Å². The van der Waals surface area contributed by atoms with Crippen molar-refractivity contribution in [3.05, 3.63) is 0 Å². The summed E-state index contributed by atoms with van der Waals surface area (Å²) in [6, 6.07) is 0.703. The molecule has 2 aliphatic heterocycles. The van der Waals surface area contributed by atoms with E-state index in [1.165, 1.54) is 32.5 Å². The van der Waals surface area contributed by atoms with Gasteiger partial charge in [-0.3, -0.25) is 4.90 Å². The van der Waals surface area contributed by atoms with Gasteiger partial charge < -0.3 is 10.1 Å². The molecule has 0 aromatic carbocycles. The van der Waals surface area contributed by atoms with Crippen molar-refractivity contribution < 1.29 is 4.74 Å². The molecule has 13 heavy (non-hydrogen) atoms. The van der Waals surface area contributed by atoms with E-state index in [0.29, 0.717) is 6.04 Å². The zero-order valence-corrected chi connectivity index (χ0v) is 8.46. The molecule has 2 aliphatic rings. The van der Waals surface area contributed by atoms with Crippen LogP contribution in [0.5, 0.6) is 0 Å². The van der Waals surface area contributed by atoms with E-state index < -0.39 is 0 Å². The Morgan fingerprint density at radius 3 is 2.85 bits per heavy atom. The Kier molecular flexibility index (Phi) is 3.19. The zero-order chi connectivity index (χ0) is 9.10. The van der Waals surface area contributed by atoms with Gasteiger partial charge in [-0.25, -0.2) is 0 Å². The van der Waals surface area contributed by atoms with Crippen molar-refractivity contribution in [3.63, 3.8) is 0 Å². The molecule has 0 bridgehead atoms. The van der Waals surface area contributed by atoms with Gasteiger partial charge in [-0.2, -0.15) is 0 Å². The number of nitrogens with one attached hydrogen (secondary N) is 1. The molecular formula is C10H20N2O. The topological polar surface area (TPSA) is 24.5 Å². The third kappa shape index (κ3) is 2.42. The summed E-state index contributed by atoms with van der Waals surface area (Å²) in [5.74, 6) is 0.920. The third-order valence-electron chi connectivity index (χ3n) is 3.30. The number of nitrogens with zero attached hydrogens (tertiary/aromatic N) is 1. The molecule has 0 spiro atoms. The average Bonchev–Trinajstić information content (AvgIpc) is 2.49. The standard InChI is InChI=1S/C10H20N2O/c1-12(10-7-13-8-10)5-3-9-2-4-11-6-9/h9-11H,2-8H2,1H3. The monoisotopic (exact) mass is 184 g/mol. The maximum Gasteiger partial charge on any atom is 0.0645 e. The highest BCUT2D eigenvalue weighted by molar-refractivity contribution is 4.77. The second-order valence-electron chi connectivity index (χ2n) is 4.32. The Labute approximate surface area is 80.4 Å². The van der Waals surface area contributed by atoms with Crippen LogP contribution in [-0.4, -0.2) is 50.8 Å². The molecule has 0 saturated carbocycles. The number of likely N-dealkylation sites (N-methyl/N-ethyl adjacent to an activating group) is 1. The summed E-state index contributed by atoms with van der Waals surface area (Å²) < 4.78 is 5.17. The van der Waals surface area contributed by atoms with Gasteiger partial charge >= 0.3 is 0 Å². The first-order chi connectivity index (χ1) is 6.36. The Balaban J connectivity index is 1.60. The molecular weight excluding hydrogens is 164 g/mol. The summed E-state index contributed by atoms with van der Waals surface area (Å²) in [6.07, 6.45) is 2.72. The lowest BCUT2D eigenvalue weighted by atomic mass is 10.0. The third-order valence-corrected chi connectivity index (χ3v) is 3.30. The summed E-state index contributed by atoms with van der Waals surface area (Å²) in [7, 11) is 2.22. The minimum Gasteiger partial charge on any atom is -0.378 e. The van der Waals surface area contributed by atoms with E-state index in [2.05, 4.69) is 17.3 Å². The lowest BCUT2D eigenvalue weighted by Gasteiger charge is -2.35. The lowest BCUT2D eigenvalue weighted by Crippen LogP contribution is -2.47. The van der Waals surface area contributed by atoms with Gasteiger partial charge in [0.1, 0.15) is 0 Å². The molecule has 1 N–H and O–H groups in total. The Morgan fingerprint density at radius 2 is 2.31 bits per heavy atom. The molecule has 1 atom stereocenters. The van der Waals surface area contributed by atoms with Crippen LogP contribution in [0, 0.1) is 5.92 Å². The van der Waals surface area contributed by atoms with Crippen molar-refractivity contribution in [2.45, 2.75) is 18.9 Å². The number of ether oxygens (including phenoxy) is 1. The fourth-order valence-electron chi connectivity index (χ4n) is 2.01. The normalized spacial score (nSPS) is 29.5. The highest BCUT2D eigenvalue weighted by atomic mass is 16.5. The molecule has 2 saturated heterocycles. The molecule has 0 aromatic heterocycles. The molecule has 3 nitrogen and oxygen atoms in total. The fraction of sp³-hybridized carbons (Fsp3) is 1.00. The maximum absolute atomic E-state index is 5.17. The highest BCUT2D eigenvalue weighted by Crippen LogP contribution is 2.15. The van der Waals surface area contributed by atoms with Gasteiger partial charge in [0.15, 0.2) is 0 Å².